The molecule has 7 heteroatoms. The highest BCUT2D eigenvalue weighted by molar-refractivity contribution is 5.35. The van der Waals surface area contributed by atoms with Gasteiger partial charge in [-0.25, -0.2) is 8.78 Å². The SMILES string of the molecule is N#CCc1ccc(C(F)F)c([N+](=O)[O-])n1. The summed E-state index contributed by atoms with van der Waals surface area (Å²) in [6.45, 7) is 0. The Bertz CT molecular complexity index is 428. The zero-order valence-corrected chi connectivity index (χ0v) is 7.35. The molecule has 15 heavy (non-hydrogen) atoms. The van der Waals surface area contributed by atoms with E-state index in [1.807, 2.05) is 0 Å². The standard InChI is InChI=1S/C8H5F2N3O2/c9-7(10)6-2-1-5(3-4-11)12-8(6)13(14)15/h1-2,7H,3H2. The fourth-order valence-electron chi connectivity index (χ4n) is 0.994. The topological polar surface area (TPSA) is 79.8 Å². The number of halogens is 2. The number of hydrogen-bond donors (Lipinski definition) is 0. The number of alkyl halides is 2. The van der Waals surface area contributed by atoms with Gasteiger partial charge in [0.2, 0.25) is 0 Å². The monoisotopic (exact) mass is 213 g/mol. The number of nitriles is 1. The Labute approximate surface area is 83.1 Å². The lowest BCUT2D eigenvalue weighted by atomic mass is 10.2. The molecule has 78 valence electrons. The van der Waals surface area contributed by atoms with E-state index in [4.69, 9.17) is 5.26 Å². The van der Waals surface area contributed by atoms with Gasteiger partial charge in [-0.2, -0.15) is 5.26 Å². The summed E-state index contributed by atoms with van der Waals surface area (Å²) in [5.74, 6) is -0.891. The van der Waals surface area contributed by atoms with Crippen LogP contribution in [0.15, 0.2) is 12.1 Å². The van der Waals surface area contributed by atoms with Crippen molar-refractivity contribution in [1.29, 1.82) is 5.26 Å². The number of hydrogen-bond acceptors (Lipinski definition) is 4. The maximum atomic E-state index is 12.3. The van der Waals surface area contributed by atoms with Crippen LogP contribution in [0.2, 0.25) is 0 Å². The molecule has 5 nitrogen and oxygen atoms in total. The summed E-state index contributed by atoms with van der Waals surface area (Å²) < 4.78 is 24.6. The van der Waals surface area contributed by atoms with E-state index in [0.29, 0.717) is 0 Å². The molecule has 1 rings (SSSR count). The van der Waals surface area contributed by atoms with Gasteiger partial charge in [-0.1, -0.05) is 0 Å². The Morgan fingerprint density at radius 1 is 1.60 bits per heavy atom. The molecule has 1 heterocycles. The highest BCUT2D eigenvalue weighted by Crippen LogP contribution is 2.27. The van der Waals surface area contributed by atoms with Crippen LogP contribution in [0.4, 0.5) is 14.6 Å². The van der Waals surface area contributed by atoms with Crippen LogP contribution in [-0.2, 0) is 6.42 Å². The third-order valence-corrected chi connectivity index (χ3v) is 1.63. The third kappa shape index (κ3) is 2.43. The van der Waals surface area contributed by atoms with Crippen LogP contribution >= 0.6 is 0 Å². The van der Waals surface area contributed by atoms with Crippen molar-refractivity contribution in [1.82, 2.24) is 4.98 Å². The highest BCUT2D eigenvalue weighted by Gasteiger charge is 2.23. The van der Waals surface area contributed by atoms with Gasteiger partial charge in [0.25, 0.3) is 6.43 Å². The van der Waals surface area contributed by atoms with Crippen molar-refractivity contribution >= 4 is 5.82 Å². The molecule has 0 bridgehead atoms. The van der Waals surface area contributed by atoms with Gasteiger partial charge in [-0.3, -0.25) is 0 Å². The van der Waals surface area contributed by atoms with Crippen molar-refractivity contribution < 1.29 is 13.7 Å². The summed E-state index contributed by atoms with van der Waals surface area (Å²) >= 11 is 0. The van der Waals surface area contributed by atoms with E-state index in [0.717, 1.165) is 6.07 Å². The third-order valence-electron chi connectivity index (χ3n) is 1.63. The van der Waals surface area contributed by atoms with Gasteiger partial charge in [0.05, 0.1) is 6.07 Å². The number of aromatic nitrogens is 1. The minimum absolute atomic E-state index is 0.105. The first kappa shape index (κ1) is 11.0. The van der Waals surface area contributed by atoms with E-state index in [2.05, 4.69) is 4.98 Å². The maximum absolute atomic E-state index is 12.3. The van der Waals surface area contributed by atoms with Gasteiger partial charge in [0, 0.05) is 0 Å². The molecule has 0 aliphatic carbocycles. The summed E-state index contributed by atoms with van der Waals surface area (Å²) in [5, 5.41) is 18.7. The number of nitro groups is 1. The van der Waals surface area contributed by atoms with Gasteiger partial charge >= 0.3 is 5.82 Å². The normalized spacial score (nSPS) is 10.0. The number of nitrogens with zero attached hydrogens (tertiary/aromatic N) is 3. The summed E-state index contributed by atoms with van der Waals surface area (Å²) in [6, 6.07) is 3.82. The summed E-state index contributed by atoms with van der Waals surface area (Å²) in [5.41, 5.74) is -0.629. The van der Waals surface area contributed by atoms with Crippen molar-refractivity contribution in [2.24, 2.45) is 0 Å². The molecule has 0 saturated carbocycles. The second-order valence-electron chi connectivity index (χ2n) is 2.61. The fraction of sp³-hybridized carbons (Fsp3) is 0.250. The zero-order valence-electron chi connectivity index (χ0n) is 7.35. The first-order valence-corrected chi connectivity index (χ1v) is 3.85. The van der Waals surface area contributed by atoms with Crippen molar-refractivity contribution in [2.75, 3.05) is 0 Å². The van der Waals surface area contributed by atoms with Crippen molar-refractivity contribution in [2.45, 2.75) is 12.8 Å². The van der Waals surface area contributed by atoms with Crippen molar-refractivity contribution in [3.8, 4) is 6.07 Å². The highest BCUT2D eigenvalue weighted by atomic mass is 19.3. The molecule has 0 radical (unpaired) electrons. The lowest BCUT2D eigenvalue weighted by Gasteiger charge is -2.00. The smallest absolute Gasteiger partial charge is 0.358 e. The van der Waals surface area contributed by atoms with Gasteiger partial charge in [0.15, 0.2) is 5.69 Å². The molecular weight excluding hydrogens is 208 g/mol. The molecule has 0 fully saturated rings. The van der Waals surface area contributed by atoms with Crippen molar-refractivity contribution in [3.05, 3.63) is 33.5 Å². The lowest BCUT2D eigenvalue weighted by molar-refractivity contribution is -0.391. The summed E-state index contributed by atoms with van der Waals surface area (Å²) in [7, 11) is 0. The second-order valence-corrected chi connectivity index (χ2v) is 2.61. The van der Waals surface area contributed by atoms with E-state index in [1.54, 1.807) is 6.07 Å². The van der Waals surface area contributed by atoms with E-state index in [9.17, 15) is 18.9 Å². The van der Waals surface area contributed by atoms with Crippen LogP contribution < -0.4 is 0 Å². The molecule has 0 spiro atoms. The fourth-order valence-corrected chi connectivity index (χ4v) is 0.994. The van der Waals surface area contributed by atoms with Crippen LogP contribution in [0.25, 0.3) is 0 Å². The molecule has 0 aromatic carbocycles. The Balaban J connectivity index is 3.22. The van der Waals surface area contributed by atoms with E-state index < -0.39 is 22.7 Å². The maximum Gasteiger partial charge on any atom is 0.372 e. The van der Waals surface area contributed by atoms with Crippen LogP contribution in [0.1, 0.15) is 17.7 Å². The molecule has 1 aromatic heterocycles. The molecular formula is C8H5F2N3O2. The van der Waals surface area contributed by atoms with Crippen LogP contribution in [0.3, 0.4) is 0 Å². The van der Waals surface area contributed by atoms with Gasteiger partial charge < -0.3 is 10.1 Å². The molecule has 0 aliphatic heterocycles. The zero-order chi connectivity index (χ0) is 11.4. The quantitative estimate of drug-likeness (QED) is 0.568. The van der Waals surface area contributed by atoms with E-state index in [1.165, 1.54) is 6.07 Å². The minimum Gasteiger partial charge on any atom is -0.358 e. The Hall–Kier alpha value is -2.10. The molecule has 0 aliphatic rings. The van der Waals surface area contributed by atoms with Gasteiger partial charge in [0.1, 0.15) is 12.0 Å². The number of rotatable bonds is 3. The molecule has 0 N–H and O–H groups in total. The molecule has 0 amide bonds. The Morgan fingerprint density at radius 2 is 2.27 bits per heavy atom. The number of pyridine rings is 1. The predicted molar refractivity (Wildman–Crippen MR) is 45.2 cm³/mol. The first-order valence-electron chi connectivity index (χ1n) is 3.85. The van der Waals surface area contributed by atoms with Crippen LogP contribution in [0.5, 0.6) is 0 Å². The van der Waals surface area contributed by atoms with Crippen molar-refractivity contribution in [3.63, 3.8) is 0 Å². The van der Waals surface area contributed by atoms with Gasteiger partial charge in [-0.15, -0.1) is 0 Å². The van der Waals surface area contributed by atoms with Crippen LogP contribution in [-0.4, -0.2) is 9.91 Å². The molecule has 0 unspecified atom stereocenters. The largest absolute Gasteiger partial charge is 0.372 e. The summed E-state index contributed by atoms with van der Waals surface area (Å²) in [6.07, 6.45) is -3.10. The Kier molecular flexibility index (Phi) is 3.23. The minimum atomic E-state index is -2.95. The predicted octanol–water partition coefficient (Wildman–Crippen LogP) is 1.99. The molecule has 0 saturated heterocycles. The second kappa shape index (κ2) is 4.41. The molecule has 1 aromatic rings. The van der Waals surface area contributed by atoms with E-state index >= 15 is 0 Å². The lowest BCUT2D eigenvalue weighted by Crippen LogP contribution is -2.01. The van der Waals surface area contributed by atoms with Gasteiger partial charge in [-0.05, 0) is 22.0 Å². The van der Waals surface area contributed by atoms with Crippen LogP contribution in [0, 0.1) is 21.4 Å². The van der Waals surface area contributed by atoms with E-state index in [-0.39, 0.29) is 12.1 Å². The summed E-state index contributed by atoms with van der Waals surface area (Å²) in [4.78, 5) is 12.8. The average molecular weight is 213 g/mol. The first-order chi connectivity index (χ1) is 7.06. The Morgan fingerprint density at radius 3 is 2.73 bits per heavy atom. The molecule has 0 atom stereocenters. The average Bonchev–Trinajstić information content (AvgIpc) is 2.17.